The molecule has 3 aromatic rings. The number of aromatic nitrogens is 2. The molecule has 0 aliphatic heterocycles. The molecule has 0 bridgehead atoms. The molecular formula is C22H22BrN3O. The molecule has 0 aliphatic rings. The lowest BCUT2D eigenvalue weighted by molar-refractivity contribution is -0.125. The molecule has 0 radical (unpaired) electrons. The second kappa shape index (κ2) is 8.35. The summed E-state index contributed by atoms with van der Waals surface area (Å²) < 4.78 is 2.92. The molecule has 0 unspecified atom stereocenters. The monoisotopic (exact) mass is 423 g/mol. The predicted octanol–water partition coefficient (Wildman–Crippen LogP) is 4.92. The van der Waals surface area contributed by atoms with Gasteiger partial charge in [-0.05, 0) is 49.8 Å². The number of hydrogen-bond donors (Lipinski definition) is 0. The van der Waals surface area contributed by atoms with E-state index in [2.05, 4.69) is 21.0 Å². The number of aryl methyl sites for hydroxylation is 1. The van der Waals surface area contributed by atoms with Crippen LogP contribution in [0.15, 0.2) is 65.1 Å². The summed E-state index contributed by atoms with van der Waals surface area (Å²) in [4.78, 5) is 14.2. The van der Waals surface area contributed by atoms with E-state index in [1.807, 2.05) is 86.3 Å². The smallest absolute Gasteiger partial charge is 0.246 e. The standard InChI is InChI=1S/C22H22BrN3O/c1-16-21(17(2)26(24-16)20-10-5-4-6-11-20)15-25(3)22(27)13-12-18-8-7-9-19(23)14-18/h4-14H,15H2,1-3H3/b13-12+. The van der Waals surface area contributed by atoms with Crippen molar-refractivity contribution in [3.63, 3.8) is 0 Å². The lowest BCUT2D eigenvalue weighted by atomic mass is 10.1. The van der Waals surface area contributed by atoms with Crippen molar-refractivity contribution in [3.05, 3.63) is 87.7 Å². The topological polar surface area (TPSA) is 38.1 Å². The Morgan fingerprint density at radius 1 is 1.15 bits per heavy atom. The van der Waals surface area contributed by atoms with Gasteiger partial charge in [0.2, 0.25) is 5.91 Å². The number of benzene rings is 2. The molecule has 5 heteroatoms. The Morgan fingerprint density at radius 3 is 2.59 bits per heavy atom. The van der Waals surface area contributed by atoms with Gasteiger partial charge in [0, 0.05) is 35.4 Å². The minimum Gasteiger partial charge on any atom is -0.338 e. The highest BCUT2D eigenvalue weighted by molar-refractivity contribution is 9.10. The third-order valence-corrected chi connectivity index (χ3v) is 4.97. The van der Waals surface area contributed by atoms with E-state index in [1.54, 1.807) is 11.0 Å². The summed E-state index contributed by atoms with van der Waals surface area (Å²) in [6.07, 6.45) is 3.44. The average molecular weight is 424 g/mol. The van der Waals surface area contributed by atoms with Crippen molar-refractivity contribution in [2.75, 3.05) is 7.05 Å². The number of halogens is 1. The summed E-state index contributed by atoms with van der Waals surface area (Å²) in [7, 11) is 1.81. The van der Waals surface area contributed by atoms with Crippen LogP contribution in [0.1, 0.15) is 22.5 Å². The van der Waals surface area contributed by atoms with Crippen molar-refractivity contribution >= 4 is 27.9 Å². The summed E-state index contributed by atoms with van der Waals surface area (Å²) in [6.45, 7) is 4.54. The van der Waals surface area contributed by atoms with Gasteiger partial charge in [0.25, 0.3) is 0 Å². The van der Waals surface area contributed by atoms with Gasteiger partial charge in [-0.2, -0.15) is 5.10 Å². The van der Waals surface area contributed by atoms with Gasteiger partial charge >= 0.3 is 0 Å². The van der Waals surface area contributed by atoms with Gasteiger partial charge < -0.3 is 4.90 Å². The van der Waals surface area contributed by atoms with Crippen molar-refractivity contribution in [2.24, 2.45) is 0 Å². The van der Waals surface area contributed by atoms with Crippen LogP contribution in [0.2, 0.25) is 0 Å². The highest BCUT2D eigenvalue weighted by atomic mass is 79.9. The Labute approximate surface area is 168 Å². The SMILES string of the molecule is Cc1nn(-c2ccccc2)c(C)c1CN(C)C(=O)/C=C/c1cccc(Br)c1. The highest BCUT2D eigenvalue weighted by Gasteiger charge is 2.16. The zero-order valence-corrected chi connectivity index (χ0v) is 17.3. The fourth-order valence-corrected chi connectivity index (χ4v) is 3.36. The van der Waals surface area contributed by atoms with Crippen LogP contribution in [0.4, 0.5) is 0 Å². The molecule has 1 aromatic heterocycles. The van der Waals surface area contributed by atoms with Crippen LogP contribution in [0.3, 0.4) is 0 Å². The van der Waals surface area contributed by atoms with Gasteiger partial charge in [-0.25, -0.2) is 4.68 Å². The molecule has 138 valence electrons. The van der Waals surface area contributed by atoms with E-state index in [4.69, 9.17) is 0 Å². The van der Waals surface area contributed by atoms with Gasteiger partial charge in [0.1, 0.15) is 0 Å². The second-order valence-corrected chi connectivity index (χ2v) is 7.40. The van der Waals surface area contributed by atoms with Crippen LogP contribution in [0.5, 0.6) is 0 Å². The minimum absolute atomic E-state index is 0.0405. The van der Waals surface area contributed by atoms with Crippen LogP contribution >= 0.6 is 15.9 Å². The molecule has 0 saturated carbocycles. The molecule has 0 fully saturated rings. The van der Waals surface area contributed by atoms with E-state index in [0.717, 1.165) is 32.7 Å². The molecule has 0 saturated heterocycles. The Hall–Kier alpha value is -2.66. The zero-order chi connectivity index (χ0) is 19.4. The van der Waals surface area contributed by atoms with Crippen LogP contribution < -0.4 is 0 Å². The minimum atomic E-state index is -0.0405. The highest BCUT2D eigenvalue weighted by Crippen LogP contribution is 2.19. The average Bonchev–Trinajstić information content (AvgIpc) is 2.95. The van der Waals surface area contributed by atoms with Gasteiger partial charge in [0.05, 0.1) is 11.4 Å². The number of carbonyl (C=O) groups is 1. The molecule has 4 nitrogen and oxygen atoms in total. The predicted molar refractivity (Wildman–Crippen MR) is 113 cm³/mol. The Kier molecular flexibility index (Phi) is 5.91. The first-order chi connectivity index (χ1) is 13.0. The van der Waals surface area contributed by atoms with E-state index in [1.165, 1.54) is 0 Å². The maximum absolute atomic E-state index is 12.5. The first-order valence-corrected chi connectivity index (χ1v) is 9.54. The van der Waals surface area contributed by atoms with Crippen molar-refractivity contribution in [2.45, 2.75) is 20.4 Å². The van der Waals surface area contributed by atoms with E-state index < -0.39 is 0 Å². The number of hydrogen-bond acceptors (Lipinski definition) is 2. The molecule has 27 heavy (non-hydrogen) atoms. The van der Waals surface area contributed by atoms with Crippen molar-refractivity contribution in [3.8, 4) is 5.69 Å². The van der Waals surface area contributed by atoms with Crippen LogP contribution in [0, 0.1) is 13.8 Å². The maximum Gasteiger partial charge on any atom is 0.246 e. The zero-order valence-electron chi connectivity index (χ0n) is 15.7. The van der Waals surface area contributed by atoms with Gasteiger partial charge in [-0.3, -0.25) is 4.79 Å². The summed E-state index contributed by atoms with van der Waals surface area (Å²) in [5.74, 6) is -0.0405. The molecule has 1 amide bonds. The normalized spacial score (nSPS) is 11.1. The fraction of sp³-hybridized carbons (Fsp3) is 0.182. The van der Waals surface area contributed by atoms with Crippen molar-refractivity contribution < 1.29 is 4.79 Å². The fourth-order valence-electron chi connectivity index (χ4n) is 2.94. The maximum atomic E-state index is 12.5. The van der Waals surface area contributed by atoms with Crippen molar-refractivity contribution in [1.82, 2.24) is 14.7 Å². The largest absolute Gasteiger partial charge is 0.338 e. The van der Waals surface area contributed by atoms with E-state index in [0.29, 0.717) is 6.54 Å². The lowest BCUT2D eigenvalue weighted by Gasteiger charge is -2.15. The second-order valence-electron chi connectivity index (χ2n) is 6.48. The number of carbonyl (C=O) groups excluding carboxylic acids is 1. The van der Waals surface area contributed by atoms with Crippen LogP contribution in [-0.2, 0) is 11.3 Å². The van der Waals surface area contributed by atoms with E-state index >= 15 is 0 Å². The quantitative estimate of drug-likeness (QED) is 0.545. The summed E-state index contributed by atoms with van der Waals surface area (Å²) in [5.41, 5.74) is 5.06. The Balaban J connectivity index is 1.75. The van der Waals surface area contributed by atoms with Crippen LogP contribution in [-0.4, -0.2) is 27.6 Å². The molecule has 2 aromatic carbocycles. The van der Waals surface area contributed by atoms with E-state index in [-0.39, 0.29) is 5.91 Å². The van der Waals surface area contributed by atoms with Gasteiger partial charge in [-0.15, -0.1) is 0 Å². The Bertz CT molecular complexity index is 976. The van der Waals surface area contributed by atoms with E-state index in [9.17, 15) is 4.79 Å². The number of likely N-dealkylation sites (N-methyl/N-ethyl adjacent to an activating group) is 1. The molecule has 0 spiro atoms. The number of amides is 1. The third kappa shape index (κ3) is 4.55. The first kappa shape index (κ1) is 19.1. The molecule has 0 aliphatic carbocycles. The molecule has 1 heterocycles. The molecular weight excluding hydrogens is 402 g/mol. The lowest BCUT2D eigenvalue weighted by Crippen LogP contribution is -2.24. The molecule has 0 N–H and O–H groups in total. The first-order valence-electron chi connectivity index (χ1n) is 8.75. The van der Waals surface area contributed by atoms with Crippen LogP contribution in [0.25, 0.3) is 11.8 Å². The number of nitrogens with zero attached hydrogens (tertiary/aromatic N) is 3. The molecule has 3 rings (SSSR count). The van der Waals surface area contributed by atoms with Gasteiger partial charge in [-0.1, -0.05) is 46.3 Å². The molecule has 0 atom stereocenters. The van der Waals surface area contributed by atoms with Crippen molar-refractivity contribution in [1.29, 1.82) is 0 Å². The number of para-hydroxylation sites is 1. The Morgan fingerprint density at radius 2 is 1.89 bits per heavy atom. The summed E-state index contributed by atoms with van der Waals surface area (Å²) in [5, 5.41) is 4.65. The number of rotatable bonds is 5. The summed E-state index contributed by atoms with van der Waals surface area (Å²) >= 11 is 3.44. The summed E-state index contributed by atoms with van der Waals surface area (Å²) in [6, 6.07) is 17.9. The third-order valence-electron chi connectivity index (χ3n) is 4.48. The van der Waals surface area contributed by atoms with Gasteiger partial charge in [0.15, 0.2) is 0 Å².